The first-order chi connectivity index (χ1) is 8.38. The molecule has 0 aromatic carbocycles. The summed E-state index contributed by atoms with van der Waals surface area (Å²) in [4.78, 5) is 22.0. The van der Waals surface area contributed by atoms with Gasteiger partial charge in [-0.05, 0) is 20.8 Å². The molecular weight excluding hydrogens is 236 g/mol. The number of urea groups is 1. The van der Waals surface area contributed by atoms with Gasteiger partial charge in [0.2, 0.25) is 0 Å². The summed E-state index contributed by atoms with van der Waals surface area (Å²) in [5.41, 5.74) is 0. The van der Waals surface area contributed by atoms with Crippen LogP contribution < -0.4 is 10.6 Å². The molecule has 18 heavy (non-hydrogen) atoms. The molecule has 0 aliphatic carbocycles. The molecule has 1 rings (SSSR count). The summed E-state index contributed by atoms with van der Waals surface area (Å²) < 4.78 is 1.72. The van der Waals surface area contributed by atoms with E-state index >= 15 is 0 Å². The summed E-state index contributed by atoms with van der Waals surface area (Å²) in [7, 11) is 0. The number of carbonyl (C=O) groups is 2. The average molecular weight is 254 g/mol. The molecule has 3 N–H and O–H groups in total. The molecule has 1 heterocycles. The molecule has 7 nitrogen and oxygen atoms in total. The number of aromatic nitrogens is 2. The van der Waals surface area contributed by atoms with Gasteiger partial charge in [-0.1, -0.05) is 0 Å². The van der Waals surface area contributed by atoms with E-state index in [9.17, 15) is 9.59 Å². The number of aliphatic carboxylic acids is 1. The molecule has 100 valence electrons. The van der Waals surface area contributed by atoms with Gasteiger partial charge < -0.3 is 10.4 Å². The molecule has 0 fully saturated rings. The van der Waals surface area contributed by atoms with Crippen LogP contribution >= 0.6 is 0 Å². The van der Waals surface area contributed by atoms with Crippen molar-refractivity contribution in [1.82, 2.24) is 15.1 Å². The normalized spacial score (nSPS) is 12.2. The predicted octanol–water partition coefficient (Wildman–Crippen LogP) is 1.45. The molecule has 0 bridgehead atoms. The van der Waals surface area contributed by atoms with Crippen LogP contribution in [0.3, 0.4) is 0 Å². The number of carboxylic acid groups (broad SMARTS) is 1. The van der Waals surface area contributed by atoms with E-state index in [-0.39, 0.29) is 12.5 Å². The van der Waals surface area contributed by atoms with Gasteiger partial charge >= 0.3 is 12.0 Å². The SMILES string of the molecule is CC(CC(=O)O)NC(=O)Nc1ccn(C(C)C)n1. The molecule has 1 unspecified atom stereocenters. The third kappa shape index (κ3) is 4.44. The highest BCUT2D eigenvalue weighted by Crippen LogP contribution is 2.07. The lowest BCUT2D eigenvalue weighted by Crippen LogP contribution is -2.37. The third-order valence-electron chi connectivity index (χ3n) is 2.24. The van der Waals surface area contributed by atoms with E-state index in [1.54, 1.807) is 23.9 Å². The molecule has 0 aliphatic heterocycles. The number of rotatable bonds is 5. The van der Waals surface area contributed by atoms with Crippen molar-refractivity contribution in [3.05, 3.63) is 12.3 Å². The Hall–Kier alpha value is -2.05. The Morgan fingerprint density at radius 3 is 2.61 bits per heavy atom. The van der Waals surface area contributed by atoms with Gasteiger partial charge in [0.05, 0.1) is 6.42 Å². The van der Waals surface area contributed by atoms with E-state index in [1.165, 1.54) is 0 Å². The molecule has 0 saturated carbocycles. The number of nitrogens with zero attached hydrogens (tertiary/aromatic N) is 2. The van der Waals surface area contributed by atoms with E-state index in [4.69, 9.17) is 5.11 Å². The maximum atomic E-state index is 11.5. The fraction of sp³-hybridized carbons (Fsp3) is 0.545. The Balaban J connectivity index is 2.46. The number of carbonyl (C=O) groups excluding carboxylic acids is 1. The van der Waals surface area contributed by atoms with Crippen LogP contribution in [0.2, 0.25) is 0 Å². The summed E-state index contributed by atoms with van der Waals surface area (Å²) in [6, 6.07) is 1.00. The van der Waals surface area contributed by atoms with Crippen LogP contribution in [0, 0.1) is 0 Å². The first-order valence-electron chi connectivity index (χ1n) is 5.73. The molecule has 0 spiro atoms. The Kier molecular flexibility index (Phi) is 4.70. The Morgan fingerprint density at radius 2 is 2.11 bits per heavy atom. The minimum atomic E-state index is -0.952. The molecule has 7 heteroatoms. The van der Waals surface area contributed by atoms with Crippen molar-refractivity contribution in [1.29, 1.82) is 0 Å². The van der Waals surface area contributed by atoms with Gasteiger partial charge in [-0.3, -0.25) is 14.8 Å². The van der Waals surface area contributed by atoms with Gasteiger partial charge in [-0.2, -0.15) is 5.10 Å². The second-order valence-electron chi connectivity index (χ2n) is 4.37. The maximum absolute atomic E-state index is 11.5. The first-order valence-corrected chi connectivity index (χ1v) is 5.73. The van der Waals surface area contributed by atoms with E-state index in [1.807, 2.05) is 13.8 Å². The largest absolute Gasteiger partial charge is 0.481 e. The van der Waals surface area contributed by atoms with Crippen molar-refractivity contribution in [3.63, 3.8) is 0 Å². The number of hydrogen-bond acceptors (Lipinski definition) is 3. The molecule has 2 amide bonds. The summed E-state index contributed by atoms with van der Waals surface area (Å²) >= 11 is 0. The first kappa shape index (κ1) is 14.0. The van der Waals surface area contributed by atoms with Gasteiger partial charge in [0.1, 0.15) is 0 Å². The summed E-state index contributed by atoms with van der Waals surface area (Å²) in [5.74, 6) is -0.518. The molecule has 1 aromatic heterocycles. The second-order valence-corrected chi connectivity index (χ2v) is 4.37. The van der Waals surface area contributed by atoms with Crippen molar-refractivity contribution in [2.24, 2.45) is 0 Å². The van der Waals surface area contributed by atoms with Gasteiger partial charge in [-0.15, -0.1) is 0 Å². The molecule has 1 atom stereocenters. The fourth-order valence-corrected chi connectivity index (χ4v) is 1.38. The van der Waals surface area contributed by atoms with E-state index < -0.39 is 18.0 Å². The second kappa shape index (κ2) is 6.04. The lowest BCUT2D eigenvalue weighted by Gasteiger charge is -2.11. The average Bonchev–Trinajstić information content (AvgIpc) is 2.63. The lowest BCUT2D eigenvalue weighted by atomic mass is 10.2. The summed E-state index contributed by atoms with van der Waals surface area (Å²) in [6.45, 7) is 5.58. The number of amides is 2. The zero-order valence-electron chi connectivity index (χ0n) is 10.7. The van der Waals surface area contributed by atoms with Crippen LogP contribution in [0.15, 0.2) is 12.3 Å². The smallest absolute Gasteiger partial charge is 0.320 e. The molecule has 0 aliphatic rings. The molecular formula is C11H18N4O3. The summed E-state index contributed by atoms with van der Waals surface area (Å²) in [5, 5.41) is 17.8. The van der Waals surface area contributed by atoms with Gasteiger partial charge in [0.15, 0.2) is 5.82 Å². The van der Waals surface area contributed by atoms with E-state index in [2.05, 4.69) is 15.7 Å². The van der Waals surface area contributed by atoms with E-state index in [0.717, 1.165) is 0 Å². The topological polar surface area (TPSA) is 96.3 Å². The van der Waals surface area contributed by atoms with Crippen molar-refractivity contribution < 1.29 is 14.7 Å². The predicted molar refractivity (Wildman–Crippen MR) is 66.5 cm³/mol. The Bertz CT molecular complexity index is 428. The van der Waals surface area contributed by atoms with Crippen LogP contribution in [0.4, 0.5) is 10.6 Å². The van der Waals surface area contributed by atoms with Crippen LogP contribution in [-0.4, -0.2) is 32.9 Å². The van der Waals surface area contributed by atoms with Gasteiger partial charge in [0.25, 0.3) is 0 Å². The van der Waals surface area contributed by atoms with Crippen LogP contribution in [0.25, 0.3) is 0 Å². The maximum Gasteiger partial charge on any atom is 0.320 e. The molecule has 0 radical (unpaired) electrons. The van der Waals surface area contributed by atoms with Crippen molar-refractivity contribution in [2.45, 2.75) is 39.3 Å². The highest BCUT2D eigenvalue weighted by Gasteiger charge is 2.12. The summed E-state index contributed by atoms with van der Waals surface area (Å²) in [6.07, 6.45) is 1.65. The van der Waals surface area contributed by atoms with E-state index in [0.29, 0.717) is 5.82 Å². The minimum Gasteiger partial charge on any atom is -0.481 e. The Labute approximate surface area is 105 Å². The van der Waals surface area contributed by atoms with Crippen LogP contribution in [-0.2, 0) is 4.79 Å². The third-order valence-corrected chi connectivity index (χ3v) is 2.24. The Morgan fingerprint density at radius 1 is 1.44 bits per heavy atom. The number of nitrogens with one attached hydrogen (secondary N) is 2. The van der Waals surface area contributed by atoms with Crippen LogP contribution in [0.5, 0.6) is 0 Å². The van der Waals surface area contributed by atoms with Crippen LogP contribution in [0.1, 0.15) is 33.2 Å². The highest BCUT2D eigenvalue weighted by molar-refractivity contribution is 5.88. The quantitative estimate of drug-likeness (QED) is 0.741. The van der Waals surface area contributed by atoms with Gasteiger partial charge in [-0.25, -0.2) is 4.79 Å². The van der Waals surface area contributed by atoms with Crippen molar-refractivity contribution in [3.8, 4) is 0 Å². The monoisotopic (exact) mass is 254 g/mol. The standard InChI is InChI=1S/C11H18N4O3/c1-7(2)15-5-4-9(14-15)13-11(18)12-8(3)6-10(16)17/h4-5,7-8H,6H2,1-3H3,(H,16,17)(H2,12,13,14,18). The van der Waals surface area contributed by atoms with Crippen molar-refractivity contribution in [2.75, 3.05) is 5.32 Å². The molecule has 0 saturated heterocycles. The van der Waals surface area contributed by atoms with Crippen molar-refractivity contribution >= 4 is 17.8 Å². The molecule has 1 aromatic rings. The van der Waals surface area contributed by atoms with Gasteiger partial charge in [0, 0.05) is 24.3 Å². The number of anilines is 1. The number of hydrogen-bond donors (Lipinski definition) is 3. The highest BCUT2D eigenvalue weighted by atomic mass is 16.4. The lowest BCUT2D eigenvalue weighted by molar-refractivity contribution is -0.137. The number of carboxylic acids is 1. The minimum absolute atomic E-state index is 0.117. The zero-order chi connectivity index (χ0) is 13.7. The zero-order valence-corrected chi connectivity index (χ0v) is 10.7. The fourth-order valence-electron chi connectivity index (χ4n) is 1.38.